The van der Waals surface area contributed by atoms with Gasteiger partial charge in [0.05, 0.1) is 5.92 Å². The summed E-state index contributed by atoms with van der Waals surface area (Å²) in [5.41, 5.74) is 0. The van der Waals surface area contributed by atoms with Gasteiger partial charge in [-0.15, -0.1) is 24.8 Å². The molecule has 0 saturated carbocycles. The van der Waals surface area contributed by atoms with Gasteiger partial charge < -0.3 is 15.5 Å². The van der Waals surface area contributed by atoms with Crippen LogP contribution in [0.3, 0.4) is 0 Å². The minimum absolute atomic E-state index is 0. The molecule has 2 saturated heterocycles. The minimum atomic E-state index is 0. The van der Waals surface area contributed by atoms with E-state index in [1.54, 1.807) is 0 Å². The van der Waals surface area contributed by atoms with Gasteiger partial charge in [-0.05, 0) is 45.3 Å². The smallest absolute Gasteiger partial charge is 0.224 e. The average Bonchev–Trinajstić information content (AvgIpc) is 2.83. The first kappa shape index (κ1) is 18.0. The molecule has 6 heteroatoms. The number of rotatable bonds is 4. The molecular formula is C12H25Cl2N3O. The number of halogens is 2. The van der Waals surface area contributed by atoms with Gasteiger partial charge in [0.25, 0.3) is 0 Å². The lowest BCUT2D eigenvalue weighted by atomic mass is 9.99. The van der Waals surface area contributed by atoms with Crippen LogP contribution in [0.15, 0.2) is 0 Å². The summed E-state index contributed by atoms with van der Waals surface area (Å²) in [4.78, 5) is 14.2. The van der Waals surface area contributed by atoms with E-state index in [1.165, 1.54) is 25.9 Å². The SMILES string of the molecule is Cl.Cl.O=C(NCCN1CCCC1)[C@@H]1CCCNC1. The Morgan fingerprint density at radius 3 is 2.56 bits per heavy atom. The van der Waals surface area contributed by atoms with Crippen LogP contribution in [0.1, 0.15) is 25.7 Å². The van der Waals surface area contributed by atoms with Crippen molar-refractivity contribution in [3.05, 3.63) is 0 Å². The van der Waals surface area contributed by atoms with Crippen LogP contribution in [0.5, 0.6) is 0 Å². The van der Waals surface area contributed by atoms with Gasteiger partial charge in [-0.3, -0.25) is 4.79 Å². The van der Waals surface area contributed by atoms with Crippen LogP contribution >= 0.6 is 24.8 Å². The number of carbonyl (C=O) groups excluding carboxylic acids is 1. The first-order valence-electron chi connectivity index (χ1n) is 6.57. The first-order valence-corrected chi connectivity index (χ1v) is 6.57. The second-order valence-electron chi connectivity index (χ2n) is 4.88. The molecule has 0 aromatic heterocycles. The highest BCUT2D eigenvalue weighted by atomic mass is 35.5. The van der Waals surface area contributed by atoms with Crippen molar-refractivity contribution >= 4 is 30.7 Å². The predicted molar refractivity (Wildman–Crippen MR) is 78.8 cm³/mol. The maximum atomic E-state index is 11.8. The van der Waals surface area contributed by atoms with Crippen molar-refractivity contribution in [3.63, 3.8) is 0 Å². The van der Waals surface area contributed by atoms with E-state index in [2.05, 4.69) is 15.5 Å². The summed E-state index contributed by atoms with van der Waals surface area (Å²) in [5, 5.41) is 6.33. The molecule has 0 unspecified atom stereocenters. The fourth-order valence-corrected chi connectivity index (χ4v) is 2.56. The third-order valence-electron chi connectivity index (χ3n) is 3.59. The Labute approximate surface area is 122 Å². The highest BCUT2D eigenvalue weighted by Gasteiger charge is 2.20. The molecule has 0 radical (unpaired) electrons. The van der Waals surface area contributed by atoms with Crippen molar-refractivity contribution in [2.24, 2.45) is 5.92 Å². The van der Waals surface area contributed by atoms with Crippen LogP contribution in [0.4, 0.5) is 0 Å². The van der Waals surface area contributed by atoms with Crippen molar-refractivity contribution in [2.45, 2.75) is 25.7 Å². The molecular weight excluding hydrogens is 273 g/mol. The van der Waals surface area contributed by atoms with Crippen LogP contribution in [-0.4, -0.2) is 50.1 Å². The maximum Gasteiger partial charge on any atom is 0.224 e. The van der Waals surface area contributed by atoms with Crippen molar-refractivity contribution in [2.75, 3.05) is 39.3 Å². The quantitative estimate of drug-likeness (QED) is 0.815. The Morgan fingerprint density at radius 2 is 1.94 bits per heavy atom. The number of nitrogens with zero attached hydrogens (tertiary/aromatic N) is 1. The van der Waals surface area contributed by atoms with E-state index in [1.807, 2.05) is 0 Å². The molecule has 108 valence electrons. The second-order valence-corrected chi connectivity index (χ2v) is 4.88. The van der Waals surface area contributed by atoms with E-state index in [-0.39, 0.29) is 36.6 Å². The minimum Gasteiger partial charge on any atom is -0.355 e. The third-order valence-corrected chi connectivity index (χ3v) is 3.59. The molecule has 4 nitrogen and oxygen atoms in total. The molecule has 2 heterocycles. The topological polar surface area (TPSA) is 44.4 Å². The number of nitrogens with one attached hydrogen (secondary N) is 2. The Balaban J connectivity index is 0.00000144. The van der Waals surface area contributed by atoms with Crippen molar-refractivity contribution in [1.29, 1.82) is 0 Å². The summed E-state index contributed by atoms with van der Waals surface area (Å²) in [6.07, 6.45) is 4.81. The summed E-state index contributed by atoms with van der Waals surface area (Å²) in [6, 6.07) is 0. The van der Waals surface area contributed by atoms with E-state index in [0.29, 0.717) is 0 Å². The van der Waals surface area contributed by atoms with Gasteiger partial charge in [0, 0.05) is 19.6 Å². The molecule has 0 aromatic rings. The summed E-state index contributed by atoms with van der Waals surface area (Å²) < 4.78 is 0. The van der Waals surface area contributed by atoms with E-state index in [9.17, 15) is 4.79 Å². The van der Waals surface area contributed by atoms with Gasteiger partial charge >= 0.3 is 0 Å². The van der Waals surface area contributed by atoms with Gasteiger partial charge in [-0.1, -0.05) is 0 Å². The summed E-state index contributed by atoms with van der Waals surface area (Å²) in [6.45, 7) is 6.18. The van der Waals surface area contributed by atoms with E-state index < -0.39 is 0 Å². The molecule has 0 aromatic carbocycles. The highest BCUT2D eigenvalue weighted by molar-refractivity contribution is 5.85. The zero-order valence-corrected chi connectivity index (χ0v) is 12.5. The molecule has 2 rings (SSSR count). The van der Waals surface area contributed by atoms with Gasteiger partial charge in [-0.2, -0.15) is 0 Å². The summed E-state index contributed by atoms with van der Waals surface area (Å²) in [5.74, 6) is 0.443. The average molecular weight is 298 g/mol. The lowest BCUT2D eigenvalue weighted by Crippen LogP contribution is -2.42. The molecule has 2 fully saturated rings. The zero-order valence-electron chi connectivity index (χ0n) is 10.8. The number of carbonyl (C=O) groups is 1. The largest absolute Gasteiger partial charge is 0.355 e. The number of piperidine rings is 1. The normalized spacial score (nSPS) is 23.9. The van der Waals surface area contributed by atoms with Gasteiger partial charge in [0.15, 0.2) is 0 Å². The van der Waals surface area contributed by atoms with Crippen molar-refractivity contribution < 1.29 is 4.79 Å². The second kappa shape index (κ2) is 9.84. The monoisotopic (exact) mass is 297 g/mol. The Morgan fingerprint density at radius 1 is 1.22 bits per heavy atom. The fourth-order valence-electron chi connectivity index (χ4n) is 2.56. The van der Waals surface area contributed by atoms with Crippen LogP contribution < -0.4 is 10.6 Å². The fraction of sp³-hybridized carbons (Fsp3) is 0.917. The Bertz CT molecular complexity index is 229. The van der Waals surface area contributed by atoms with Crippen molar-refractivity contribution in [3.8, 4) is 0 Å². The number of hydrogen-bond acceptors (Lipinski definition) is 3. The standard InChI is InChI=1S/C12H23N3O.2ClH/c16-12(11-4-3-5-13-10-11)14-6-9-15-7-1-2-8-15;;/h11,13H,1-10H2,(H,14,16);2*1H/t11-;;/m1../s1. The van der Waals surface area contributed by atoms with Gasteiger partial charge in [-0.25, -0.2) is 0 Å². The van der Waals surface area contributed by atoms with E-state index in [4.69, 9.17) is 0 Å². The third kappa shape index (κ3) is 5.74. The molecule has 1 amide bonds. The Kier molecular flexibility index (Phi) is 9.83. The predicted octanol–water partition coefficient (Wildman–Crippen LogP) is 1.04. The van der Waals surface area contributed by atoms with E-state index >= 15 is 0 Å². The highest BCUT2D eigenvalue weighted by Crippen LogP contribution is 2.09. The maximum absolute atomic E-state index is 11.8. The lowest BCUT2D eigenvalue weighted by molar-refractivity contribution is -0.125. The molecule has 18 heavy (non-hydrogen) atoms. The van der Waals surface area contributed by atoms with Crippen LogP contribution in [0, 0.1) is 5.92 Å². The Hall–Kier alpha value is -0.0300. The van der Waals surface area contributed by atoms with Crippen molar-refractivity contribution in [1.82, 2.24) is 15.5 Å². The molecule has 2 aliphatic rings. The van der Waals surface area contributed by atoms with Gasteiger partial charge in [0.2, 0.25) is 5.91 Å². The van der Waals surface area contributed by atoms with Gasteiger partial charge in [0.1, 0.15) is 0 Å². The summed E-state index contributed by atoms with van der Waals surface area (Å²) in [7, 11) is 0. The molecule has 0 aliphatic carbocycles. The zero-order chi connectivity index (χ0) is 11.2. The molecule has 2 N–H and O–H groups in total. The number of likely N-dealkylation sites (tertiary alicyclic amines) is 1. The molecule has 0 spiro atoms. The molecule has 1 atom stereocenters. The van der Waals surface area contributed by atoms with Crippen LogP contribution in [0.25, 0.3) is 0 Å². The number of hydrogen-bond donors (Lipinski definition) is 2. The van der Waals surface area contributed by atoms with Crippen LogP contribution in [-0.2, 0) is 4.79 Å². The lowest BCUT2D eigenvalue weighted by Gasteiger charge is -2.22. The molecule has 2 aliphatic heterocycles. The number of amides is 1. The first-order chi connectivity index (χ1) is 7.86. The summed E-state index contributed by atoms with van der Waals surface area (Å²) >= 11 is 0. The van der Waals surface area contributed by atoms with E-state index in [0.717, 1.165) is 39.0 Å². The molecule has 0 bridgehead atoms. The van der Waals surface area contributed by atoms with Crippen LogP contribution in [0.2, 0.25) is 0 Å².